The molecule has 1 aliphatic heterocycles. The first-order chi connectivity index (χ1) is 9.60. The van der Waals surface area contributed by atoms with Gasteiger partial charge in [0.1, 0.15) is 5.82 Å². The van der Waals surface area contributed by atoms with Crippen molar-refractivity contribution in [1.29, 1.82) is 0 Å². The fourth-order valence-electron chi connectivity index (χ4n) is 2.66. The van der Waals surface area contributed by atoms with Crippen molar-refractivity contribution in [2.45, 2.75) is 26.4 Å². The molecule has 20 heavy (non-hydrogen) atoms. The van der Waals surface area contributed by atoms with Crippen LogP contribution < -0.4 is 10.2 Å². The first kappa shape index (κ1) is 14.8. The molecule has 5 heteroatoms. The quantitative estimate of drug-likeness (QED) is 0.882. The van der Waals surface area contributed by atoms with Crippen molar-refractivity contribution in [1.82, 2.24) is 5.32 Å². The molecule has 1 aromatic carbocycles. The topological polar surface area (TPSA) is 52.6 Å². The van der Waals surface area contributed by atoms with Crippen molar-refractivity contribution in [3.05, 3.63) is 29.6 Å². The van der Waals surface area contributed by atoms with Gasteiger partial charge in [-0.2, -0.15) is 0 Å². The molecule has 0 bridgehead atoms. The van der Waals surface area contributed by atoms with Gasteiger partial charge in [-0.3, -0.25) is 4.79 Å². The van der Waals surface area contributed by atoms with Crippen molar-refractivity contribution in [3.8, 4) is 0 Å². The maximum Gasteiger partial charge on any atom is 0.216 e. The zero-order chi connectivity index (χ0) is 14.5. The van der Waals surface area contributed by atoms with E-state index in [1.807, 2.05) is 0 Å². The van der Waals surface area contributed by atoms with E-state index in [1.165, 1.54) is 19.1 Å². The molecule has 0 aromatic heterocycles. The number of piperidine rings is 1. The number of halogens is 1. The molecule has 1 aliphatic rings. The van der Waals surface area contributed by atoms with Gasteiger partial charge in [0, 0.05) is 37.8 Å². The van der Waals surface area contributed by atoms with Gasteiger partial charge < -0.3 is 15.3 Å². The fourth-order valence-corrected chi connectivity index (χ4v) is 2.66. The molecule has 0 unspecified atom stereocenters. The van der Waals surface area contributed by atoms with Gasteiger partial charge in [-0.25, -0.2) is 4.39 Å². The van der Waals surface area contributed by atoms with Gasteiger partial charge in [0.25, 0.3) is 0 Å². The van der Waals surface area contributed by atoms with Gasteiger partial charge in [0.05, 0.1) is 6.61 Å². The summed E-state index contributed by atoms with van der Waals surface area (Å²) in [5.74, 6) is 0.181. The van der Waals surface area contributed by atoms with Crippen LogP contribution in [0.3, 0.4) is 0 Å². The Kier molecular flexibility index (Phi) is 4.95. The van der Waals surface area contributed by atoms with Crippen LogP contribution in [0.4, 0.5) is 10.1 Å². The molecule has 0 spiro atoms. The Hall–Kier alpha value is -1.62. The first-order valence-electron chi connectivity index (χ1n) is 6.99. The smallest absolute Gasteiger partial charge is 0.216 e. The van der Waals surface area contributed by atoms with E-state index >= 15 is 0 Å². The lowest BCUT2D eigenvalue weighted by atomic mass is 9.96. The Balaban J connectivity index is 1.95. The predicted molar refractivity (Wildman–Crippen MR) is 75.9 cm³/mol. The van der Waals surface area contributed by atoms with E-state index in [-0.39, 0.29) is 18.3 Å². The summed E-state index contributed by atoms with van der Waals surface area (Å²) in [5.41, 5.74) is 1.54. The van der Waals surface area contributed by atoms with Crippen LogP contribution in [0.1, 0.15) is 25.3 Å². The number of rotatable bonds is 4. The number of hydrogen-bond acceptors (Lipinski definition) is 3. The molecule has 2 rings (SSSR count). The van der Waals surface area contributed by atoms with Crippen LogP contribution in [0.15, 0.2) is 18.2 Å². The van der Waals surface area contributed by atoms with Crippen molar-refractivity contribution < 1.29 is 14.3 Å². The molecule has 1 fully saturated rings. The number of carbonyl (C=O) groups is 1. The van der Waals surface area contributed by atoms with E-state index in [0.29, 0.717) is 11.5 Å². The SMILES string of the molecule is CC(=O)NCC1CCN(c2ccc(F)cc2CO)CC1. The average molecular weight is 280 g/mol. The molecule has 1 amide bonds. The minimum absolute atomic E-state index is 0.00790. The van der Waals surface area contributed by atoms with E-state index in [2.05, 4.69) is 10.2 Å². The first-order valence-corrected chi connectivity index (χ1v) is 6.99. The highest BCUT2D eigenvalue weighted by Gasteiger charge is 2.21. The summed E-state index contributed by atoms with van der Waals surface area (Å²) in [4.78, 5) is 13.1. The van der Waals surface area contributed by atoms with Gasteiger partial charge in [0.2, 0.25) is 5.91 Å². The predicted octanol–water partition coefficient (Wildman–Crippen LogP) is 1.67. The zero-order valence-corrected chi connectivity index (χ0v) is 11.7. The van der Waals surface area contributed by atoms with Gasteiger partial charge in [-0.05, 0) is 37.0 Å². The summed E-state index contributed by atoms with van der Waals surface area (Å²) < 4.78 is 13.2. The monoisotopic (exact) mass is 280 g/mol. The lowest BCUT2D eigenvalue weighted by Gasteiger charge is -2.34. The average Bonchev–Trinajstić information content (AvgIpc) is 2.45. The number of nitrogens with zero attached hydrogens (tertiary/aromatic N) is 1. The summed E-state index contributed by atoms with van der Waals surface area (Å²) in [6, 6.07) is 4.55. The number of nitrogens with one attached hydrogen (secondary N) is 1. The number of carbonyl (C=O) groups excluding carboxylic acids is 1. The summed E-state index contributed by atoms with van der Waals surface area (Å²) in [6.45, 7) is 3.82. The van der Waals surface area contributed by atoms with E-state index in [0.717, 1.165) is 38.2 Å². The second kappa shape index (κ2) is 6.70. The maximum absolute atomic E-state index is 13.2. The molecular formula is C15H21FN2O2. The van der Waals surface area contributed by atoms with Gasteiger partial charge >= 0.3 is 0 Å². The third-order valence-corrected chi connectivity index (χ3v) is 3.81. The van der Waals surface area contributed by atoms with Crippen LogP contribution in [-0.4, -0.2) is 30.6 Å². The van der Waals surface area contributed by atoms with Gasteiger partial charge in [0.15, 0.2) is 0 Å². The Morgan fingerprint density at radius 3 is 2.75 bits per heavy atom. The standard InChI is InChI=1S/C15H21FN2O2/c1-11(20)17-9-12-4-6-18(7-5-12)15-3-2-14(16)8-13(15)10-19/h2-3,8,12,19H,4-7,9-10H2,1H3,(H,17,20). The van der Waals surface area contributed by atoms with E-state index in [1.54, 1.807) is 6.07 Å². The van der Waals surface area contributed by atoms with Gasteiger partial charge in [-0.1, -0.05) is 0 Å². The molecule has 0 atom stereocenters. The fraction of sp³-hybridized carbons (Fsp3) is 0.533. The molecule has 0 radical (unpaired) electrons. The van der Waals surface area contributed by atoms with E-state index in [9.17, 15) is 14.3 Å². The number of hydrogen-bond donors (Lipinski definition) is 2. The normalized spacial score (nSPS) is 16.2. The Labute approximate surface area is 118 Å². The molecule has 1 aromatic rings. The third kappa shape index (κ3) is 3.70. The number of amides is 1. The number of benzene rings is 1. The molecule has 0 saturated carbocycles. The van der Waals surface area contributed by atoms with E-state index < -0.39 is 0 Å². The van der Waals surface area contributed by atoms with Crippen LogP contribution in [0.25, 0.3) is 0 Å². The molecule has 110 valence electrons. The van der Waals surface area contributed by atoms with Crippen molar-refractivity contribution in [3.63, 3.8) is 0 Å². The van der Waals surface area contributed by atoms with E-state index in [4.69, 9.17) is 0 Å². The third-order valence-electron chi connectivity index (χ3n) is 3.81. The maximum atomic E-state index is 13.2. The molecule has 1 heterocycles. The minimum atomic E-state index is -0.321. The van der Waals surface area contributed by atoms with Crippen LogP contribution in [-0.2, 0) is 11.4 Å². The zero-order valence-electron chi connectivity index (χ0n) is 11.7. The van der Waals surface area contributed by atoms with Crippen LogP contribution in [0.5, 0.6) is 0 Å². The summed E-state index contributed by atoms with van der Waals surface area (Å²) >= 11 is 0. The highest BCUT2D eigenvalue weighted by Crippen LogP contribution is 2.27. The van der Waals surface area contributed by atoms with Crippen LogP contribution in [0, 0.1) is 11.7 Å². The largest absolute Gasteiger partial charge is 0.392 e. The summed E-state index contributed by atoms with van der Waals surface area (Å²) in [5, 5.41) is 12.2. The summed E-state index contributed by atoms with van der Waals surface area (Å²) in [6.07, 6.45) is 1.98. The van der Waals surface area contributed by atoms with Gasteiger partial charge in [-0.15, -0.1) is 0 Å². The Morgan fingerprint density at radius 2 is 2.15 bits per heavy atom. The number of anilines is 1. The lowest BCUT2D eigenvalue weighted by molar-refractivity contribution is -0.119. The molecule has 1 saturated heterocycles. The second-order valence-corrected chi connectivity index (χ2v) is 5.30. The van der Waals surface area contributed by atoms with Crippen molar-refractivity contribution >= 4 is 11.6 Å². The van der Waals surface area contributed by atoms with Crippen LogP contribution in [0.2, 0.25) is 0 Å². The minimum Gasteiger partial charge on any atom is -0.392 e. The second-order valence-electron chi connectivity index (χ2n) is 5.30. The van der Waals surface area contributed by atoms with Crippen LogP contribution >= 0.6 is 0 Å². The highest BCUT2D eigenvalue weighted by atomic mass is 19.1. The molecule has 4 nitrogen and oxygen atoms in total. The molecular weight excluding hydrogens is 259 g/mol. The summed E-state index contributed by atoms with van der Waals surface area (Å²) in [7, 11) is 0. The highest BCUT2D eigenvalue weighted by molar-refractivity contribution is 5.72. The lowest BCUT2D eigenvalue weighted by Crippen LogP contribution is -2.38. The Morgan fingerprint density at radius 1 is 1.45 bits per heavy atom. The van der Waals surface area contributed by atoms with Crippen molar-refractivity contribution in [2.24, 2.45) is 5.92 Å². The Bertz CT molecular complexity index is 471. The molecule has 2 N–H and O–H groups in total. The van der Waals surface area contributed by atoms with Crippen molar-refractivity contribution in [2.75, 3.05) is 24.5 Å². The number of aliphatic hydroxyl groups is 1. The number of aliphatic hydroxyl groups excluding tert-OH is 1. The molecule has 0 aliphatic carbocycles.